The van der Waals surface area contributed by atoms with Crippen molar-refractivity contribution in [3.63, 3.8) is 0 Å². The van der Waals surface area contributed by atoms with Crippen LogP contribution in [0.3, 0.4) is 0 Å². The molecule has 0 saturated heterocycles. The summed E-state index contributed by atoms with van der Waals surface area (Å²) in [7, 11) is 1.59. The first-order valence-corrected chi connectivity index (χ1v) is 9.56. The van der Waals surface area contributed by atoms with Gasteiger partial charge in [0.05, 0.1) is 31.4 Å². The van der Waals surface area contributed by atoms with Gasteiger partial charge in [-0.15, -0.1) is 0 Å². The molecular formula is C23H24N2O4. The lowest BCUT2D eigenvalue weighted by Gasteiger charge is -2.15. The summed E-state index contributed by atoms with van der Waals surface area (Å²) in [5, 5.41) is 4.18. The van der Waals surface area contributed by atoms with Crippen LogP contribution in [-0.4, -0.2) is 30.5 Å². The van der Waals surface area contributed by atoms with Crippen LogP contribution in [0.2, 0.25) is 0 Å². The molecule has 0 aliphatic carbocycles. The fourth-order valence-electron chi connectivity index (χ4n) is 3.13. The third-order valence-electron chi connectivity index (χ3n) is 4.55. The van der Waals surface area contributed by atoms with Crippen LogP contribution >= 0.6 is 0 Å². The van der Waals surface area contributed by atoms with Gasteiger partial charge in [-0.1, -0.05) is 42.5 Å². The summed E-state index contributed by atoms with van der Waals surface area (Å²) >= 11 is 0. The van der Waals surface area contributed by atoms with Gasteiger partial charge in [-0.3, -0.25) is 14.6 Å². The fourth-order valence-corrected chi connectivity index (χ4v) is 3.13. The molecule has 0 fully saturated rings. The number of para-hydroxylation sites is 1. The number of nitrogens with zero attached hydrogens (tertiary/aromatic N) is 1. The van der Waals surface area contributed by atoms with Gasteiger partial charge in [-0.2, -0.15) is 0 Å². The fraction of sp³-hybridized carbons (Fsp3) is 0.261. The van der Waals surface area contributed by atoms with E-state index in [1.165, 1.54) is 0 Å². The zero-order chi connectivity index (χ0) is 20.6. The lowest BCUT2D eigenvalue weighted by atomic mass is 10.0. The van der Waals surface area contributed by atoms with Gasteiger partial charge >= 0.3 is 5.97 Å². The molecule has 0 aliphatic heterocycles. The van der Waals surface area contributed by atoms with Crippen molar-refractivity contribution in [3.05, 3.63) is 65.9 Å². The number of Topliss-reactive ketones (excluding diaryl/α,β-unsaturated/α-hetero) is 1. The third-order valence-corrected chi connectivity index (χ3v) is 4.55. The molecule has 6 heteroatoms. The molecule has 0 aliphatic rings. The normalized spacial score (nSPS) is 10.6. The van der Waals surface area contributed by atoms with E-state index in [1.807, 2.05) is 48.5 Å². The van der Waals surface area contributed by atoms with E-state index < -0.39 is 0 Å². The van der Waals surface area contributed by atoms with E-state index in [9.17, 15) is 9.59 Å². The number of rotatable bonds is 9. The van der Waals surface area contributed by atoms with E-state index in [0.717, 1.165) is 10.9 Å². The van der Waals surface area contributed by atoms with Crippen LogP contribution < -0.4 is 10.1 Å². The summed E-state index contributed by atoms with van der Waals surface area (Å²) in [6.45, 7) is 2.59. The molecule has 6 nitrogen and oxygen atoms in total. The quantitative estimate of drug-likeness (QED) is 0.430. The molecule has 0 atom stereocenters. The van der Waals surface area contributed by atoms with Crippen molar-refractivity contribution in [1.82, 2.24) is 4.98 Å². The number of hydrogen-bond acceptors (Lipinski definition) is 6. The molecule has 0 spiro atoms. The minimum atomic E-state index is -0.380. The Morgan fingerprint density at radius 2 is 1.83 bits per heavy atom. The van der Waals surface area contributed by atoms with Crippen molar-refractivity contribution >= 4 is 28.3 Å². The van der Waals surface area contributed by atoms with E-state index in [2.05, 4.69) is 10.3 Å². The first-order valence-electron chi connectivity index (χ1n) is 9.56. The molecule has 150 valence electrons. The molecule has 2 aromatic carbocycles. The van der Waals surface area contributed by atoms with Gasteiger partial charge in [0.2, 0.25) is 0 Å². The Morgan fingerprint density at radius 1 is 1.03 bits per heavy atom. The number of benzene rings is 2. The second-order valence-electron chi connectivity index (χ2n) is 6.47. The van der Waals surface area contributed by atoms with E-state index in [-0.39, 0.29) is 24.6 Å². The first kappa shape index (κ1) is 20.3. The molecule has 0 unspecified atom stereocenters. The summed E-state index contributed by atoms with van der Waals surface area (Å²) in [6, 6.07) is 15.5. The van der Waals surface area contributed by atoms with Gasteiger partial charge in [0, 0.05) is 24.5 Å². The zero-order valence-corrected chi connectivity index (χ0v) is 16.6. The summed E-state index contributed by atoms with van der Waals surface area (Å²) in [4.78, 5) is 29.0. The predicted octanol–water partition coefficient (Wildman–Crippen LogP) is 4.38. The summed E-state index contributed by atoms with van der Waals surface area (Å²) in [5.41, 5.74) is 2.90. The van der Waals surface area contributed by atoms with Crippen molar-refractivity contribution in [2.24, 2.45) is 0 Å². The van der Waals surface area contributed by atoms with Crippen LogP contribution in [-0.2, 0) is 16.1 Å². The monoisotopic (exact) mass is 392 g/mol. The van der Waals surface area contributed by atoms with E-state index in [0.29, 0.717) is 35.7 Å². The summed E-state index contributed by atoms with van der Waals surface area (Å²) in [6.07, 6.45) is 1.66. The maximum absolute atomic E-state index is 12.9. The highest BCUT2D eigenvalue weighted by molar-refractivity contribution is 6.09. The molecule has 0 saturated carbocycles. The number of carbonyl (C=O) groups is 2. The Morgan fingerprint density at radius 3 is 2.55 bits per heavy atom. The minimum absolute atomic E-state index is 0.0426. The highest BCUT2D eigenvalue weighted by Crippen LogP contribution is 2.32. The highest BCUT2D eigenvalue weighted by Gasteiger charge is 2.18. The minimum Gasteiger partial charge on any atom is -0.494 e. The number of fused-ring (bicyclic) bond motifs is 1. The van der Waals surface area contributed by atoms with Gasteiger partial charge in [-0.05, 0) is 18.6 Å². The standard InChI is InChI=1S/C23H24N2O4/c1-3-29-21(27)13-12-19(26)18-15-25-23-17(10-7-11-20(23)28-2)22(18)24-14-16-8-5-4-6-9-16/h4-11,15H,3,12-14H2,1-2H3,(H,24,25). The van der Waals surface area contributed by atoms with Crippen molar-refractivity contribution in [2.45, 2.75) is 26.3 Å². The number of pyridine rings is 1. The SMILES string of the molecule is CCOC(=O)CCC(=O)c1cnc2c(OC)cccc2c1NCc1ccccc1. The van der Waals surface area contributed by atoms with Crippen LogP contribution in [0.15, 0.2) is 54.7 Å². The van der Waals surface area contributed by atoms with E-state index >= 15 is 0 Å². The van der Waals surface area contributed by atoms with E-state index in [4.69, 9.17) is 9.47 Å². The Hall–Kier alpha value is -3.41. The second kappa shape index (κ2) is 9.68. The van der Waals surface area contributed by atoms with Gasteiger partial charge in [0.1, 0.15) is 11.3 Å². The molecule has 1 N–H and O–H groups in total. The average molecular weight is 392 g/mol. The number of carbonyl (C=O) groups excluding carboxylic acids is 2. The molecule has 0 bridgehead atoms. The highest BCUT2D eigenvalue weighted by atomic mass is 16.5. The number of methoxy groups -OCH3 is 1. The van der Waals surface area contributed by atoms with Gasteiger partial charge in [-0.25, -0.2) is 0 Å². The first-order chi connectivity index (χ1) is 14.1. The molecule has 1 heterocycles. The van der Waals surface area contributed by atoms with Crippen LogP contribution in [0.5, 0.6) is 5.75 Å². The Kier molecular flexibility index (Phi) is 6.79. The van der Waals surface area contributed by atoms with E-state index in [1.54, 1.807) is 20.2 Å². The molecule has 0 amide bonds. The van der Waals surface area contributed by atoms with Crippen molar-refractivity contribution in [3.8, 4) is 5.75 Å². The number of esters is 1. The zero-order valence-electron chi connectivity index (χ0n) is 16.6. The van der Waals surface area contributed by atoms with Crippen LogP contribution in [0.25, 0.3) is 10.9 Å². The maximum Gasteiger partial charge on any atom is 0.306 e. The topological polar surface area (TPSA) is 77.5 Å². The smallest absolute Gasteiger partial charge is 0.306 e. The lowest BCUT2D eigenvalue weighted by molar-refractivity contribution is -0.143. The Bertz CT molecular complexity index is 1000. The van der Waals surface area contributed by atoms with Gasteiger partial charge in [0.25, 0.3) is 0 Å². The lowest BCUT2D eigenvalue weighted by Crippen LogP contribution is -2.11. The van der Waals surface area contributed by atoms with Gasteiger partial charge < -0.3 is 14.8 Å². The number of ketones is 1. The number of hydrogen-bond donors (Lipinski definition) is 1. The third kappa shape index (κ3) is 4.90. The molecule has 3 aromatic rings. The summed E-state index contributed by atoms with van der Waals surface area (Å²) in [5.74, 6) is 0.0941. The number of anilines is 1. The van der Waals surface area contributed by atoms with Crippen LogP contribution in [0.1, 0.15) is 35.7 Å². The maximum atomic E-state index is 12.9. The molecule has 0 radical (unpaired) electrons. The molecule has 3 rings (SSSR count). The van der Waals surface area contributed by atoms with Crippen LogP contribution in [0, 0.1) is 0 Å². The Labute approximate surface area is 169 Å². The molecular weight excluding hydrogens is 368 g/mol. The van der Waals surface area contributed by atoms with Crippen LogP contribution in [0.4, 0.5) is 5.69 Å². The molecule has 1 aromatic heterocycles. The largest absolute Gasteiger partial charge is 0.494 e. The number of ether oxygens (including phenoxy) is 2. The van der Waals surface area contributed by atoms with Crippen molar-refractivity contribution in [2.75, 3.05) is 19.0 Å². The van der Waals surface area contributed by atoms with Crippen molar-refractivity contribution < 1.29 is 19.1 Å². The number of nitrogens with one attached hydrogen (secondary N) is 1. The summed E-state index contributed by atoms with van der Waals surface area (Å²) < 4.78 is 10.3. The molecule has 29 heavy (non-hydrogen) atoms. The predicted molar refractivity (Wildman–Crippen MR) is 112 cm³/mol. The van der Waals surface area contributed by atoms with Gasteiger partial charge in [0.15, 0.2) is 5.78 Å². The second-order valence-corrected chi connectivity index (χ2v) is 6.47. The Balaban J connectivity index is 1.95. The van der Waals surface area contributed by atoms with Crippen molar-refractivity contribution in [1.29, 1.82) is 0 Å². The number of aromatic nitrogens is 1. The average Bonchev–Trinajstić information content (AvgIpc) is 2.76.